The molecular weight excluding hydrogens is 343 g/mol. The number of hydrogen-bond acceptors (Lipinski definition) is 5. The van der Waals surface area contributed by atoms with Crippen LogP contribution < -0.4 is 4.90 Å². The maximum absolute atomic E-state index is 14.4. The molecule has 2 saturated heterocycles. The van der Waals surface area contributed by atoms with E-state index >= 15 is 0 Å². The lowest BCUT2D eigenvalue weighted by molar-refractivity contribution is -0.123. The maximum atomic E-state index is 14.4. The summed E-state index contributed by atoms with van der Waals surface area (Å²) in [6.45, 7) is 7.79. The number of rotatable bonds is 4. The van der Waals surface area contributed by atoms with Crippen molar-refractivity contribution in [2.75, 3.05) is 31.2 Å². The molecule has 132 valence electrons. The van der Waals surface area contributed by atoms with Crippen LogP contribution in [0.5, 0.6) is 0 Å². The standard InChI is InChI=1S/C18H19FN2O3S/c1-3-12(2)21-17(22)16(25-18(21)23)11-13-4-5-15(14(19)10-13)20-6-8-24-9-7-20/h3-5,10-12H,1,6-9H2,2H3/b16-11-/t12-/m1/s1. The number of thioether (sulfide) groups is 1. The summed E-state index contributed by atoms with van der Waals surface area (Å²) < 4.78 is 19.7. The molecule has 0 radical (unpaired) electrons. The topological polar surface area (TPSA) is 49.9 Å². The van der Waals surface area contributed by atoms with E-state index in [4.69, 9.17) is 4.74 Å². The molecule has 2 heterocycles. The van der Waals surface area contributed by atoms with Gasteiger partial charge in [-0.05, 0) is 42.5 Å². The third-order valence-corrected chi connectivity index (χ3v) is 5.08. The van der Waals surface area contributed by atoms with E-state index in [2.05, 4.69) is 6.58 Å². The minimum absolute atomic E-state index is 0.289. The smallest absolute Gasteiger partial charge is 0.294 e. The summed E-state index contributed by atoms with van der Waals surface area (Å²) in [5.74, 6) is -0.727. The molecule has 1 aromatic carbocycles. The van der Waals surface area contributed by atoms with E-state index < -0.39 is 0 Å². The fourth-order valence-electron chi connectivity index (χ4n) is 2.76. The van der Waals surface area contributed by atoms with Crippen LogP contribution >= 0.6 is 11.8 Å². The van der Waals surface area contributed by atoms with Crippen molar-refractivity contribution in [3.8, 4) is 0 Å². The van der Waals surface area contributed by atoms with Crippen LogP contribution in [0.15, 0.2) is 35.8 Å². The molecule has 0 aromatic heterocycles. The first-order valence-corrected chi connectivity index (χ1v) is 8.85. The van der Waals surface area contributed by atoms with E-state index in [1.807, 2.05) is 4.90 Å². The quantitative estimate of drug-likeness (QED) is 0.608. The Morgan fingerprint density at radius 2 is 2.04 bits per heavy atom. The van der Waals surface area contributed by atoms with Gasteiger partial charge in [0.1, 0.15) is 5.82 Å². The van der Waals surface area contributed by atoms with Crippen molar-refractivity contribution in [1.29, 1.82) is 0 Å². The van der Waals surface area contributed by atoms with E-state index in [9.17, 15) is 14.0 Å². The summed E-state index contributed by atoms with van der Waals surface area (Å²) in [6.07, 6.45) is 3.09. The second kappa shape index (κ2) is 7.41. The van der Waals surface area contributed by atoms with Gasteiger partial charge in [-0.2, -0.15) is 0 Å². The molecule has 1 atom stereocenters. The van der Waals surface area contributed by atoms with Gasteiger partial charge in [0.05, 0.1) is 29.8 Å². The fraction of sp³-hybridized carbons (Fsp3) is 0.333. The number of hydrogen-bond donors (Lipinski definition) is 0. The number of amides is 2. The summed E-state index contributed by atoms with van der Waals surface area (Å²) in [5, 5.41) is -0.339. The van der Waals surface area contributed by atoms with E-state index in [1.165, 1.54) is 12.1 Å². The second-order valence-corrected chi connectivity index (χ2v) is 6.83. The first-order valence-electron chi connectivity index (χ1n) is 8.03. The summed E-state index contributed by atoms with van der Waals surface area (Å²) in [5.41, 5.74) is 1.07. The average Bonchev–Trinajstić information content (AvgIpc) is 2.89. The molecule has 3 rings (SSSR count). The van der Waals surface area contributed by atoms with Crippen LogP contribution in [0.1, 0.15) is 12.5 Å². The molecule has 0 N–H and O–H groups in total. The van der Waals surface area contributed by atoms with Crippen LogP contribution in [0.2, 0.25) is 0 Å². The zero-order valence-electron chi connectivity index (χ0n) is 13.9. The largest absolute Gasteiger partial charge is 0.378 e. The number of nitrogens with zero attached hydrogens (tertiary/aromatic N) is 2. The minimum atomic E-state index is -0.376. The van der Waals surface area contributed by atoms with Crippen molar-refractivity contribution in [3.63, 3.8) is 0 Å². The zero-order chi connectivity index (χ0) is 18.0. The third-order valence-electron chi connectivity index (χ3n) is 4.19. The van der Waals surface area contributed by atoms with Crippen LogP contribution in [-0.4, -0.2) is 48.4 Å². The Balaban J connectivity index is 1.82. The van der Waals surface area contributed by atoms with Gasteiger partial charge in [-0.3, -0.25) is 14.5 Å². The lowest BCUT2D eigenvalue weighted by atomic mass is 10.1. The first-order chi connectivity index (χ1) is 12.0. The molecule has 0 bridgehead atoms. The number of ether oxygens (including phenoxy) is 1. The number of anilines is 1. The Kier molecular flexibility index (Phi) is 5.24. The number of halogens is 1. The van der Waals surface area contributed by atoms with Gasteiger partial charge in [-0.25, -0.2) is 4.39 Å². The molecule has 0 spiro atoms. The average molecular weight is 362 g/mol. The van der Waals surface area contributed by atoms with Gasteiger partial charge in [0.2, 0.25) is 0 Å². The van der Waals surface area contributed by atoms with Crippen molar-refractivity contribution in [3.05, 3.63) is 47.1 Å². The Morgan fingerprint density at radius 3 is 2.68 bits per heavy atom. The predicted molar refractivity (Wildman–Crippen MR) is 96.9 cm³/mol. The lowest BCUT2D eigenvalue weighted by Gasteiger charge is -2.29. The molecule has 2 amide bonds. The highest BCUT2D eigenvalue weighted by Gasteiger charge is 2.37. The number of morpholine rings is 1. The highest BCUT2D eigenvalue weighted by molar-refractivity contribution is 8.18. The molecule has 0 saturated carbocycles. The van der Waals surface area contributed by atoms with Gasteiger partial charge in [0.15, 0.2) is 0 Å². The summed E-state index contributed by atoms with van der Waals surface area (Å²) >= 11 is 0.860. The molecule has 2 fully saturated rings. The van der Waals surface area contributed by atoms with E-state index in [-0.39, 0.29) is 27.9 Å². The molecule has 5 nitrogen and oxygen atoms in total. The SMILES string of the molecule is C=C[C@@H](C)N1C(=O)S/C(=C\c2ccc(N3CCOCC3)c(F)c2)C1=O. The number of carbonyl (C=O) groups is 2. The summed E-state index contributed by atoms with van der Waals surface area (Å²) in [6, 6.07) is 4.45. The van der Waals surface area contributed by atoms with Crippen molar-refractivity contribution < 1.29 is 18.7 Å². The Hall–Kier alpha value is -2.12. The zero-order valence-corrected chi connectivity index (χ0v) is 14.7. The van der Waals surface area contributed by atoms with Gasteiger partial charge < -0.3 is 9.64 Å². The molecule has 25 heavy (non-hydrogen) atoms. The Bertz CT molecular complexity index is 744. The molecule has 1 aromatic rings. The van der Waals surface area contributed by atoms with Crippen molar-refractivity contribution in [2.24, 2.45) is 0 Å². The molecule has 0 aliphatic carbocycles. The van der Waals surface area contributed by atoms with Gasteiger partial charge >= 0.3 is 0 Å². The van der Waals surface area contributed by atoms with Gasteiger partial charge in [0.25, 0.3) is 11.1 Å². The molecular formula is C18H19FN2O3S. The Morgan fingerprint density at radius 1 is 1.32 bits per heavy atom. The first kappa shape index (κ1) is 17.7. The van der Waals surface area contributed by atoms with Gasteiger partial charge in [-0.15, -0.1) is 6.58 Å². The monoisotopic (exact) mass is 362 g/mol. The highest BCUT2D eigenvalue weighted by Crippen LogP contribution is 2.34. The number of imide groups is 1. The lowest BCUT2D eigenvalue weighted by Crippen LogP contribution is -2.36. The normalized spacial score (nSPS) is 21.1. The number of carbonyl (C=O) groups excluding carboxylic acids is 2. The Labute approximate surface area is 150 Å². The van der Waals surface area contributed by atoms with Crippen molar-refractivity contribution >= 4 is 34.7 Å². The second-order valence-electron chi connectivity index (χ2n) is 5.84. The van der Waals surface area contributed by atoms with E-state index in [0.29, 0.717) is 37.6 Å². The van der Waals surface area contributed by atoms with Gasteiger partial charge in [0, 0.05) is 13.1 Å². The van der Waals surface area contributed by atoms with Crippen LogP contribution in [0, 0.1) is 5.82 Å². The van der Waals surface area contributed by atoms with Crippen molar-refractivity contribution in [2.45, 2.75) is 13.0 Å². The molecule has 2 aliphatic heterocycles. The third kappa shape index (κ3) is 3.62. The predicted octanol–water partition coefficient (Wildman–Crippen LogP) is 3.27. The number of benzene rings is 1. The van der Waals surface area contributed by atoms with E-state index in [0.717, 1.165) is 16.7 Å². The van der Waals surface area contributed by atoms with Crippen LogP contribution in [0.25, 0.3) is 6.08 Å². The van der Waals surface area contributed by atoms with Crippen LogP contribution in [0.4, 0.5) is 14.9 Å². The van der Waals surface area contributed by atoms with Crippen LogP contribution in [-0.2, 0) is 9.53 Å². The van der Waals surface area contributed by atoms with Crippen LogP contribution in [0.3, 0.4) is 0 Å². The fourth-order valence-corrected chi connectivity index (χ4v) is 3.68. The maximum Gasteiger partial charge on any atom is 0.294 e. The molecule has 0 unspecified atom stereocenters. The van der Waals surface area contributed by atoms with E-state index in [1.54, 1.807) is 25.1 Å². The molecule has 7 heteroatoms. The molecule has 2 aliphatic rings. The highest BCUT2D eigenvalue weighted by atomic mass is 32.2. The summed E-state index contributed by atoms with van der Waals surface area (Å²) in [7, 11) is 0. The van der Waals surface area contributed by atoms with Gasteiger partial charge in [-0.1, -0.05) is 12.1 Å². The summed E-state index contributed by atoms with van der Waals surface area (Å²) in [4.78, 5) is 27.7. The minimum Gasteiger partial charge on any atom is -0.378 e. The van der Waals surface area contributed by atoms with Crippen molar-refractivity contribution in [1.82, 2.24) is 4.90 Å².